The van der Waals surface area contributed by atoms with Crippen LogP contribution in [0.2, 0.25) is 0 Å². The first-order valence-electron chi connectivity index (χ1n) is 9.70. The number of allylic oxidation sites excluding steroid dienone is 2. The molecule has 1 atom stereocenters. The van der Waals surface area contributed by atoms with Crippen molar-refractivity contribution < 1.29 is 9.59 Å². The van der Waals surface area contributed by atoms with Gasteiger partial charge in [0.2, 0.25) is 5.91 Å². The molecule has 1 aliphatic carbocycles. The van der Waals surface area contributed by atoms with E-state index in [1.807, 2.05) is 24.3 Å². The van der Waals surface area contributed by atoms with Crippen LogP contribution in [0.15, 0.2) is 78.3 Å². The molecule has 0 fully saturated rings. The smallest absolute Gasteiger partial charge is 0.232 e. The van der Waals surface area contributed by atoms with E-state index in [1.54, 1.807) is 17.3 Å². The second-order valence-electron chi connectivity index (χ2n) is 7.44. The van der Waals surface area contributed by atoms with Crippen molar-refractivity contribution in [3.05, 3.63) is 83.8 Å². The third-order valence-electron chi connectivity index (χ3n) is 5.76. The predicted molar refractivity (Wildman–Crippen MR) is 109 cm³/mol. The average molecular weight is 368 g/mol. The van der Waals surface area contributed by atoms with E-state index in [2.05, 4.69) is 35.3 Å². The number of carbonyl (C=O) groups is 2. The Balaban J connectivity index is 1.66. The average Bonchev–Trinajstić information content (AvgIpc) is 2.73. The quantitative estimate of drug-likeness (QED) is 0.655. The van der Waals surface area contributed by atoms with Gasteiger partial charge < -0.3 is 0 Å². The van der Waals surface area contributed by atoms with Crippen molar-refractivity contribution >= 4 is 28.2 Å². The van der Waals surface area contributed by atoms with Crippen LogP contribution in [-0.2, 0) is 9.59 Å². The van der Waals surface area contributed by atoms with Crippen LogP contribution < -0.4 is 4.90 Å². The number of carbonyl (C=O) groups excluding carboxylic acids is 2. The molecule has 1 unspecified atom stereocenters. The highest BCUT2D eigenvalue weighted by Crippen LogP contribution is 2.43. The number of pyridine rings is 1. The van der Waals surface area contributed by atoms with Gasteiger partial charge in [0.1, 0.15) is 0 Å². The minimum atomic E-state index is -0.173. The number of hydrogen-bond donors (Lipinski definition) is 0. The van der Waals surface area contributed by atoms with E-state index < -0.39 is 0 Å². The van der Waals surface area contributed by atoms with Gasteiger partial charge in [-0.1, -0.05) is 42.5 Å². The Morgan fingerprint density at radius 3 is 2.61 bits per heavy atom. The SMILES string of the molecule is O=C1CCCC2=C1C(c1ccc3ccccc3c1)CC(=O)N2c1cccnc1. The summed E-state index contributed by atoms with van der Waals surface area (Å²) >= 11 is 0. The maximum absolute atomic E-state index is 13.2. The molecule has 1 aromatic heterocycles. The van der Waals surface area contributed by atoms with E-state index in [9.17, 15) is 9.59 Å². The summed E-state index contributed by atoms with van der Waals surface area (Å²) in [7, 11) is 0. The van der Waals surface area contributed by atoms with E-state index >= 15 is 0 Å². The maximum atomic E-state index is 13.2. The summed E-state index contributed by atoms with van der Waals surface area (Å²) in [6.07, 6.45) is 5.77. The molecule has 4 heteroatoms. The molecule has 28 heavy (non-hydrogen) atoms. The summed E-state index contributed by atoms with van der Waals surface area (Å²) in [5.41, 5.74) is 3.45. The number of Topliss-reactive ketones (excluding diaryl/α,β-unsaturated/α-hetero) is 1. The first-order valence-corrected chi connectivity index (χ1v) is 9.70. The Morgan fingerprint density at radius 1 is 0.929 bits per heavy atom. The highest BCUT2D eigenvalue weighted by molar-refractivity contribution is 6.07. The molecule has 0 radical (unpaired) electrons. The number of amides is 1. The van der Waals surface area contributed by atoms with Crippen LogP contribution >= 0.6 is 0 Å². The molecule has 5 rings (SSSR count). The molecule has 0 saturated carbocycles. The summed E-state index contributed by atoms with van der Waals surface area (Å²) < 4.78 is 0. The van der Waals surface area contributed by atoms with Gasteiger partial charge >= 0.3 is 0 Å². The van der Waals surface area contributed by atoms with E-state index in [-0.39, 0.29) is 17.6 Å². The fraction of sp³-hybridized carbons (Fsp3) is 0.208. The lowest BCUT2D eigenvalue weighted by Crippen LogP contribution is -2.40. The number of ketones is 1. The van der Waals surface area contributed by atoms with Gasteiger partial charge in [0.25, 0.3) is 0 Å². The number of anilines is 1. The topological polar surface area (TPSA) is 50.3 Å². The lowest BCUT2D eigenvalue weighted by Gasteiger charge is -2.38. The zero-order chi connectivity index (χ0) is 19.1. The fourth-order valence-corrected chi connectivity index (χ4v) is 4.49. The van der Waals surface area contributed by atoms with Crippen LogP contribution in [0.3, 0.4) is 0 Å². The van der Waals surface area contributed by atoms with Crippen molar-refractivity contribution in [2.45, 2.75) is 31.6 Å². The second kappa shape index (κ2) is 6.71. The number of hydrogen-bond acceptors (Lipinski definition) is 3. The molecule has 0 spiro atoms. The molecule has 138 valence electrons. The summed E-state index contributed by atoms with van der Waals surface area (Å²) in [5.74, 6) is 0.0215. The molecular weight excluding hydrogens is 348 g/mol. The van der Waals surface area contributed by atoms with Gasteiger partial charge in [-0.2, -0.15) is 0 Å². The molecule has 0 saturated heterocycles. The largest absolute Gasteiger partial charge is 0.294 e. The molecule has 0 bridgehead atoms. The van der Waals surface area contributed by atoms with E-state index in [0.717, 1.165) is 46.1 Å². The van der Waals surface area contributed by atoms with Crippen LogP contribution in [-0.4, -0.2) is 16.7 Å². The summed E-state index contributed by atoms with van der Waals surface area (Å²) in [4.78, 5) is 32.0. The minimum Gasteiger partial charge on any atom is -0.294 e. The Labute approximate surface area is 163 Å². The molecule has 1 aliphatic heterocycles. The van der Waals surface area contributed by atoms with Crippen molar-refractivity contribution in [3.63, 3.8) is 0 Å². The van der Waals surface area contributed by atoms with Gasteiger partial charge in [-0.3, -0.25) is 19.5 Å². The van der Waals surface area contributed by atoms with Crippen LogP contribution in [0.25, 0.3) is 10.8 Å². The standard InChI is InChI=1S/C24H20N2O2/c27-22-9-3-8-21-24(22)20(14-23(28)26(21)19-7-4-12-25-15-19)18-11-10-16-5-1-2-6-17(16)13-18/h1-2,4-7,10-13,15,20H,3,8-9,14H2. The zero-order valence-electron chi connectivity index (χ0n) is 15.5. The first-order chi connectivity index (χ1) is 13.7. The van der Waals surface area contributed by atoms with Gasteiger partial charge in [-0.05, 0) is 41.3 Å². The second-order valence-corrected chi connectivity index (χ2v) is 7.44. The lowest BCUT2D eigenvalue weighted by atomic mass is 9.77. The van der Waals surface area contributed by atoms with Crippen molar-refractivity contribution in [2.75, 3.05) is 4.90 Å². The fourth-order valence-electron chi connectivity index (χ4n) is 4.49. The van der Waals surface area contributed by atoms with Crippen LogP contribution in [0, 0.1) is 0 Å². The van der Waals surface area contributed by atoms with Crippen molar-refractivity contribution in [2.24, 2.45) is 0 Å². The van der Waals surface area contributed by atoms with Crippen LogP contribution in [0.4, 0.5) is 5.69 Å². The highest BCUT2D eigenvalue weighted by atomic mass is 16.2. The van der Waals surface area contributed by atoms with Gasteiger partial charge in [-0.25, -0.2) is 0 Å². The molecule has 1 amide bonds. The Bertz CT molecular complexity index is 1120. The number of aromatic nitrogens is 1. The van der Waals surface area contributed by atoms with Crippen molar-refractivity contribution in [1.82, 2.24) is 4.98 Å². The normalized spacial score (nSPS) is 19.9. The molecule has 2 aliphatic rings. The molecule has 4 nitrogen and oxygen atoms in total. The number of fused-ring (bicyclic) bond motifs is 1. The molecule has 0 N–H and O–H groups in total. The minimum absolute atomic E-state index is 0.0274. The third kappa shape index (κ3) is 2.73. The van der Waals surface area contributed by atoms with E-state index in [1.165, 1.54) is 0 Å². The predicted octanol–water partition coefficient (Wildman–Crippen LogP) is 4.76. The molecule has 2 heterocycles. The Morgan fingerprint density at radius 2 is 1.79 bits per heavy atom. The summed E-state index contributed by atoms with van der Waals surface area (Å²) in [6, 6.07) is 18.1. The number of benzene rings is 2. The highest BCUT2D eigenvalue weighted by Gasteiger charge is 2.39. The molecule has 3 aromatic rings. The zero-order valence-corrected chi connectivity index (χ0v) is 15.5. The lowest BCUT2D eigenvalue weighted by molar-refractivity contribution is -0.119. The summed E-state index contributed by atoms with van der Waals surface area (Å²) in [5, 5.41) is 2.29. The Hall–Kier alpha value is -3.27. The first kappa shape index (κ1) is 16.9. The number of nitrogens with zero attached hydrogens (tertiary/aromatic N) is 2. The van der Waals surface area contributed by atoms with Gasteiger partial charge in [0.15, 0.2) is 5.78 Å². The van der Waals surface area contributed by atoms with Gasteiger partial charge in [-0.15, -0.1) is 0 Å². The maximum Gasteiger partial charge on any atom is 0.232 e. The van der Waals surface area contributed by atoms with Crippen LogP contribution in [0.1, 0.15) is 37.2 Å². The molecule has 2 aromatic carbocycles. The number of rotatable bonds is 2. The van der Waals surface area contributed by atoms with E-state index in [0.29, 0.717) is 12.8 Å². The van der Waals surface area contributed by atoms with Gasteiger partial charge in [0, 0.05) is 36.2 Å². The van der Waals surface area contributed by atoms with E-state index in [4.69, 9.17) is 0 Å². The van der Waals surface area contributed by atoms with Crippen LogP contribution in [0.5, 0.6) is 0 Å². The summed E-state index contributed by atoms with van der Waals surface area (Å²) in [6.45, 7) is 0. The Kier molecular flexibility index (Phi) is 4.05. The monoisotopic (exact) mass is 368 g/mol. The van der Waals surface area contributed by atoms with Gasteiger partial charge in [0.05, 0.1) is 11.9 Å². The third-order valence-corrected chi connectivity index (χ3v) is 5.76. The van der Waals surface area contributed by atoms with Crippen molar-refractivity contribution in [1.29, 1.82) is 0 Å². The molecular formula is C24H20N2O2. The van der Waals surface area contributed by atoms with Crippen molar-refractivity contribution in [3.8, 4) is 0 Å².